The van der Waals surface area contributed by atoms with E-state index in [1.54, 1.807) is 0 Å². The van der Waals surface area contributed by atoms with Gasteiger partial charge in [0.15, 0.2) is 0 Å². The minimum Gasteiger partial charge on any atom is -0.465 e. The lowest BCUT2D eigenvalue weighted by molar-refractivity contribution is -0.149. The third kappa shape index (κ3) is 26.6. The lowest BCUT2D eigenvalue weighted by atomic mass is 9.94. The zero-order valence-corrected chi connectivity index (χ0v) is 31.2. The second kappa shape index (κ2) is 34.2. The molecule has 2 atom stereocenters. The van der Waals surface area contributed by atoms with E-state index in [2.05, 4.69) is 37.9 Å². The summed E-state index contributed by atoms with van der Waals surface area (Å²) in [5.41, 5.74) is 0. The molecule has 2 unspecified atom stereocenters. The molecular formula is C40H80N2O3. The number of hydrogen-bond acceptors (Lipinski definition) is 4. The SMILES string of the molecule is CCCCCCCCCN(C(=O)CCCNC)C(CCC)CCCCCCOC(=O)C(CCCCCC)CCCCCCCC. The van der Waals surface area contributed by atoms with Crippen molar-refractivity contribution in [2.45, 2.75) is 214 Å². The number of unbranched alkanes of at least 4 members (excludes halogenated alkanes) is 17. The van der Waals surface area contributed by atoms with Crippen LogP contribution in [-0.2, 0) is 14.3 Å². The van der Waals surface area contributed by atoms with Crippen molar-refractivity contribution in [1.82, 2.24) is 10.2 Å². The third-order valence-corrected chi connectivity index (χ3v) is 9.52. The molecule has 0 fully saturated rings. The summed E-state index contributed by atoms with van der Waals surface area (Å²) in [5.74, 6) is 0.503. The predicted molar refractivity (Wildman–Crippen MR) is 196 cm³/mol. The van der Waals surface area contributed by atoms with Crippen molar-refractivity contribution in [3.8, 4) is 0 Å². The number of nitrogens with zero attached hydrogens (tertiary/aromatic N) is 1. The van der Waals surface area contributed by atoms with Gasteiger partial charge >= 0.3 is 5.97 Å². The number of amides is 1. The zero-order valence-electron chi connectivity index (χ0n) is 31.2. The van der Waals surface area contributed by atoms with Crippen LogP contribution in [0.1, 0.15) is 207 Å². The molecule has 45 heavy (non-hydrogen) atoms. The fourth-order valence-corrected chi connectivity index (χ4v) is 6.59. The summed E-state index contributed by atoms with van der Waals surface area (Å²) in [6.45, 7) is 11.4. The van der Waals surface area contributed by atoms with Crippen molar-refractivity contribution in [2.24, 2.45) is 5.92 Å². The van der Waals surface area contributed by atoms with Crippen molar-refractivity contribution in [1.29, 1.82) is 0 Å². The number of esters is 1. The summed E-state index contributed by atoms with van der Waals surface area (Å²) in [6, 6.07) is 0.366. The molecule has 0 aliphatic heterocycles. The largest absolute Gasteiger partial charge is 0.465 e. The van der Waals surface area contributed by atoms with E-state index in [4.69, 9.17) is 4.74 Å². The molecule has 0 aliphatic rings. The van der Waals surface area contributed by atoms with E-state index in [1.807, 2.05) is 7.05 Å². The molecule has 5 nitrogen and oxygen atoms in total. The standard InChI is InChI=1S/C40H80N2O3/c1-6-10-13-16-18-21-26-35-42(39(43)33-28-34-41-5)38(29-9-4)32-25-20-22-27-36-45-40(44)37(30-23-15-12-8-3)31-24-19-17-14-11-7-2/h37-38,41H,6-36H2,1-5H3. The molecule has 0 aromatic carbocycles. The predicted octanol–water partition coefficient (Wildman–Crippen LogP) is 11.6. The number of nitrogens with one attached hydrogen (secondary N) is 1. The quantitative estimate of drug-likeness (QED) is 0.0555. The highest BCUT2D eigenvalue weighted by Gasteiger charge is 2.22. The molecule has 1 amide bonds. The third-order valence-electron chi connectivity index (χ3n) is 9.52. The van der Waals surface area contributed by atoms with Crippen molar-refractivity contribution in [3.63, 3.8) is 0 Å². The highest BCUT2D eigenvalue weighted by molar-refractivity contribution is 5.76. The number of ether oxygens (including phenoxy) is 1. The van der Waals surface area contributed by atoms with Gasteiger partial charge in [-0.15, -0.1) is 0 Å². The van der Waals surface area contributed by atoms with Crippen LogP contribution in [0.2, 0.25) is 0 Å². The van der Waals surface area contributed by atoms with Gasteiger partial charge in [-0.05, 0) is 58.5 Å². The minimum absolute atomic E-state index is 0.0563. The van der Waals surface area contributed by atoms with E-state index in [9.17, 15) is 9.59 Å². The Morgan fingerprint density at radius 3 is 1.60 bits per heavy atom. The van der Waals surface area contributed by atoms with Gasteiger partial charge in [0.1, 0.15) is 0 Å². The monoisotopic (exact) mass is 637 g/mol. The van der Waals surface area contributed by atoms with Gasteiger partial charge in [0.05, 0.1) is 12.5 Å². The summed E-state index contributed by atoms with van der Waals surface area (Å²) in [4.78, 5) is 28.5. The Kier molecular flexibility index (Phi) is 33.4. The summed E-state index contributed by atoms with van der Waals surface area (Å²) < 4.78 is 5.83. The van der Waals surface area contributed by atoms with E-state index >= 15 is 0 Å². The molecule has 0 rings (SSSR count). The molecule has 0 aromatic heterocycles. The Morgan fingerprint density at radius 2 is 1.04 bits per heavy atom. The Hall–Kier alpha value is -1.10. The first kappa shape index (κ1) is 43.9. The Bertz CT molecular complexity index is 641. The zero-order chi connectivity index (χ0) is 33.2. The molecule has 0 heterocycles. The Balaban J connectivity index is 4.62. The molecule has 1 N–H and O–H groups in total. The maximum absolute atomic E-state index is 13.3. The molecule has 268 valence electrons. The van der Waals surface area contributed by atoms with Gasteiger partial charge in [-0.3, -0.25) is 9.59 Å². The second-order valence-corrected chi connectivity index (χ2v) is 13.8. The van der Waals surface area contributed by atoms with E-state index in [1.165, 1.54) is 89.9 Å². The van der Waals surface area contributed by atoms with Gasteiger partial charge in [0.25, 0.3) is 0 Å². The highest BCUT2D eigenvalue weighted by atomic mass is 16.5. The average Bonchev–Trinajstić information content (AvgIpc) is 3.04. The maximum Gasteiger partial charge on any atom is 0.308 e. The molecule has 5 heteroatoms. The van der Waals surface area contributed by atoms with Crippen LogP contribution in [0.25, 0.3) is 0 Å². The van der Waals surface area contributed by atoms with Gasteiger partial charge in [0.2, 0.25) is 5.91 Å². The number of carbonyl (C=O) groups excluding carboxylic acids is 2. The summed E-state index contributed by atoms with van der Waals surface area (Å²) >= 11 is 0. The highest BCUT2D eigenvalue weighted by Crippen LogP contribution is 2.22. The van der Waals surface area contributed by atoms with E-state index in [-0.39, 0.29) is 11.9 Å². The van der Waals surface area contributed by atoms with Gasteiger partial charge in [-0.1, -0.05) is 156 Å². The van der Waals surface area contributed by atoms with Gasteiger partial charge in [-0.2, -0.15) is 0 Å². The minimum atomic E-state index is 0.0563. The topological polar surface area (TPSA) is 58.6 Å². The van der Waals surface area contributed by atoms with Crippen molar-refractivity contribution >= 4 is 11.9 Å². The van der Waals surface area contributed by atoms with Gasteiger partial charge < -0.3 is 15.0 Å². The van der Waals surface area contributed by atoms with Crippen LogP contribution in [0, 0.1) is 5.92 Å². The van der Waals surface area contributed by atoms with E-state index in [0.717, 1.165) is 96.6 Å². The first-order chi connectivity index (χ1) is 22.0. The van der Waals surface area contributed by atoms with Crippen LogP contribution in [0.4, 0.5) is 0 Å². The molecule has 0 aliphatic carbocycles. The molecule has 0 bridgehead atoms. The maximum atomic E-state index is 13.3. The Morgan fingerprint density at radius 1 is 0.556 bits per heavy atom. The molecule has 0 saturated carbocycles. The first-order valence-corrected chi connectivity index (χ1v) is 20.2. The summed E-state index contributed by atoms with van der Waals surface area (Å²) in [6.07, 6.45) is 32.7. The number of carbonyl (C=O) groups is 2. The normalized spacial score (nSPS) is 12.7. The van der Waals surface area contributed by atoms with Crippen molar-refractivity contribution in [3.05, 3.63) is 0 Å². The molecule has 0 saturated heterocycles. The fourth-order valence-electron chi connectivity index (χ4n) is 6.59. The summed E-state index contributed by atoms with van der Waals surface area (Å²) in [5, 5.41) is 3.19. The van der Waals surface area contributed by atoms with Gasteiger partial charge in [0, 0.05) is 19.0 Å². The van der Waals surface area contributed by atoms with Crippen LogP contribution < -0.4 is 5.32 Å². The summed E-state index contributed by atoms with van der Waals surface area (Å²) in [7, 11) is 1.96. The van der Waals surface area contributed by atoms with Crippen LogP contribution in [0.15, 0.2) is 0 Å². The van der Waals surface area contributed by atoms with Crippen LogP contribution in [0.3, 0.4) is 0 Å². The van der Waals surface area contributed by atoms with Crippen LogP contribution >= 0.6 is 0 Å². The average molecular weight is 637 g/mol. The number of rotatable bonds is 35. The number of hydrogen-bond donors (Lipinski definition) is 1. The molecule has 0 spiro atoms. The lowest BCUT2D eigenvalue weighted by Gasteiger charge is -2.32. The van der Waals surface area contributed by atoms with Crippen LogP contribution in [-0.4, -0.2) is 49.6 Å². The molecular weight excluding hydrogens is 556 g/mol. The van der Waals surface area contributed by atoms with Crippen molar-refractivity contribution in [2.75, 3.05) is 26.7 Å². The molecule has 0 aromatic rings. The van der Waals surface area contributed by atoms with Crippen LogP contribution in [0.5, 0.6) is 0 Å². The van der Waals surface area contributed by atoms with Gasteiger partial charge in [-0.25, -0.2) is 0 Å². The second-order valence-electron chi connectivity index (χ2n) is 13.8. The fraction of sp³-hybridized carbons (Fsp3) is 0.950. The first-order valence-electron chi connectivity index (χ1n) is 20.2. The van der Waals surface area contributed by atoms with E-state index in [0.29, 0.717) is 25.0 Å². The smallest absolute Gasteiger partial charge is 0.308 e. The lowest BCUT2D eigenvalue weighted by Crippen LogP contribution is -2.41. The van der Waals surface area contributed by atoms with E-state index < -0.39 is 0 Å². The van der Waals surface area contributed by atoms with Crippen molar-refractivity contribution < 1.29 is 14.3 Å². The molecule has 0 radical (unpaired) electrons. The Labute approximate surface area is 282 Å².